The number of rotatable bonds is 4. The third-order valence-electron chi connectivity index (χ3n) is 1.95. The van der Waals surface area contributed by atoms with Crippen LogP contribution in [0.4, 0.5) is 0 Å². The molecule has 1 rings (SSSR count). The molecule has 0 aliphatic heterocycles. The fourth-order valence-electron chi connectivity index (χ4n) is 0.931. The topological polar surface area (TPSA) is 55.1 Å². The SMILES string of the molecule is Cc1cc(C(=O)NCC(C)(C)CCl)no1. The molecule has 4 nitrogen and oxygen atoms in total. The van der Waals surface area contributed by atoms with Crippen LogP contribution in [0.3, 0.4) is 0 Å². The van der Waals surface area contributed by atoms with E-state index in [1.165, 1.54) is 0 Å². The van der Waals surface area contributed by atoms with Gasteiger partial charge in [0.05, 0.1) is 0 Å². The minimum absolute atomic E-state index is 0.115. The molecule has 0 atom stereocenters. The monoisotopic (exact) mass is 230 g/mol. The third-order valence-corrected chi connectivity index (χ3v) is 2.67. The Labute approximate surface area is 94.0 Å². The van der Waals surface area contributed by atoms with E-state index in [1.807, 2.05) is 13.8 Å². The van der Waals surface area contributed by atoms with Crippen LogP contribution in [0.25, 0.3) is 0 Å². The van der Waals surface area contributed by atoms with Crippen LogP contribution < -0.4 is 5.32 Å². The smallest absolute Gasteiger partial charge is 0.273 e. The zero-order chi connectivity index (χ0) is 11.5. The predicted octanol–water partition coefficient (Wildman–Crippen LogP) is 1.98. The summed E-state index contributed by atoms with van der Waals surface area (Å²) in [6, 6.07) is 1.60. The van der Waals surface area contributed by atoms with Crippen molar-refractivity contribution in [2.45, 2.75) is 20.8 Å². The van der Waals surface area contributed by atoms with Gasteiger partial charge >= 0.3 is 0 Å². The Morgan fingerprint density at radius 3 is 2.80 bits per heavy atom. The minimum Gasteiger partial charge on any atom is -0.361 e. The summed E-state index contributed by atoms with van der Waals surface area (Å²) in [6.45, 7) is 6.22. The van der Waals surface area contributed by atoms with Crippen LogP contribution in [0.2, 0.25) is 0 Å². The molecule has 15 heavy (non-hydrogen) atoms. The van der Waals surface area contributed by atoms with Crippen molar-refractivity contribution in [3.05, 3.63) is 17.5 Å². The number of hydrogen-bond donors (Lipinski definition) is 1. The number of hydrogen-bond acceptors (Lipinski definition) is 3. The summed E-state index contributed by atoms with van der Waals surface area (Å²) < 4.78 is 4.81. The van der Waals surface area contributed by atoms with Crippen molar-refractivity contribution in [1.29, 1.82) is 0 Å². The number of nitrogens with one attached hydrogen (secondary N) is 1. The first-order valence-electron chi connectivity index (χ1n) is 4.72. The second-order valence-corrected chi connectivity index (χ2v) is 4.57. The fourth-order valence-corrected chi connectivity index (χ4v) is 1.03. The number of halogens is 1. The summed E-state index contributed by atoms with van der Waals surface area (Å²) in [7, 11) is 0. The molecule has 0 bridgehead atoms. The lowest BCUT2D eigenvalue weighted by atomic mass is 9.96. The van der Waals surface area contributed by atoms with Crippen molar-refractivity contribution in [3.8, 4) is 0 Å². The number of alkyl halides is 1. The molecule has 0 radical (unpaired) electrons. The zero-order valence-electron chi connectivity index (χ0n) is 9.13. The summed E-state index contributed by atoms with van der Waals surface area (Å²) in [6.07, 6.45) is 0. The number of nitrogens with zero attached hydrogens (tertiary/aromatic N) is 1. The summed E-state index contributed by atoms with van der Waals surface area (Å²) >= 11 is 5.74. The second kappa shape index (κ2) is 4.66. The first-order valence-corrected chi connectivity index (χ1v) is 5.25. The minimum atomic E-state index is -0.231. The first-order chi connectivity index (χ1) is 6.94. The number of carbonyl (C=O) groups excluding carboxylic acids is 1. The van der Waals surface area contributed by atoms with Gasteiger partial charge in [-0.05, 0) is 12.3 Å². The Morgan fingerprint density at radius 1 is 1.67 bits per heavy atom. The van der Waals surface area contributed by atoms with Crippen molar-refractivity contribution in [3.63, 3.8) is 0 Å². The van der Waals surface area contributed by atoms with Crippen LogP contribution in [0, 0.1) is 12.3 Å². The van der Waals surface area contributed by atoms with Gasteiger partial charge in [0.25, 0.3) is 5.91 Å². The van der Waals surface area contributed by atoms with Crippen LogP contribution in [0.1, 0.15) is 30.1 Å². The highest BCUT2D eigenvalue weighted by Crippen LogP contribution is 2.15. The van der Waals surface area contributed by atoms with Crippen LogP contribution in [0.15, 0.2) is 10.6 Å². The van der Waals surface area contributed by atoms with E-state index >= 15 is 0 Å². The van der Waals surface area contributed by atoms with Gasteiger partial charge in [-0.3, -0.25) is 4.79 Å². The van der Waals surface area contributed by atoms with Crippen molar-refractivity contribution < 1.29 is 9.32 Å². The third kappa shape index (κ3) is 3.55. The molecule has 1 heterocycles. The van der Waals surface area contributed by atoms with Crippen molar-refractivity contribution in [2.75, 3.05) is 12.4 Å². The van der Waals surface area contributed by atoms with Gasteiger partial charge in [-0.2, -0.15) is 0 Å². The number of carbonyl (C=O) groups is 1. The van der Waals surface area contributed by atoms with E-state index in [-0.39, 0.29) is 11.3 Å². The van der Waals surface area contributed by atoms with Crippen LogP contribution in [-0.4, -0.2) is 23.5 Å². The highest BCUT2D eigenvalue weighted by molar-refractivity contribution is 6.18. The zero-order valence-corrected chi connectivity index (χ0v) is 9.89. The number of amides is 1. The summed E-state index contributed by atoms with van der Waals surface area (Å²) in [5, 5.41) is 6.38. The molecule has 5 heteroatoms. The van der Waals surface area contributed by atoms with Crippen molar-refractivity contribution >= 4 is 17.5 Å². The molecule has 0 aliphatic rings. The maximum atomic E-state index is 11.5. The standard InChI is InChI=1S/C10H15ClN2O2/c1-7-4-8(13-15-7)9(14)12-6-10(2,3)5-11/h4H,5-6H2,1-3H3,(H,12,14). The van der Waals surface area contributed by atoms with E-state index in [1.54, 1.807) is 13.0 Å². The summed E-state index contributed by atoms with van der Waals surface area (Å²) in [4.78, 5) is 11.5. The maximum Gasteiger partial charge on any atom is 0.273 e. The second-order valence-electron chi connectivity index (χ2n) is 4.30. The Kier molecular flexibility index (Phi) is 3.74. The lowest BCUT2D eigenvalue weighted by molar-refractivity contribution is 0.0930. The van der Waals surface area contributed by atoms with E-state index in [4.69, 9.17) is 16.1 Å². The predicted molar refractivity (Wildman–Crippen MR) is 58.1 cm³/mol. The molecule has 84 valence electrons. The van der Waals surface area contributed by atoms with Gasteiger partial charge in [0, 0.05) is 18.5 Å². The Hall–Kier alpha value is -1.03. The van der Waals surface area contributed by atoms with Crippen LogP contribution in [-0.2, 0) is 0 Å². The van der Waals surface area contributed by atoms with E-state index in [9.17, 15) is 4.79 Å². The highest BCUT2D eigenvalue weighted by Gasteiger charge is 2.19. The number of aromatic nitrogens is 1. The molecule has 0 aliphatic carbocycles. The number of aryl methyl sites for hydroxylation is 1. The van der Waals surface area contributed by atoms with Gasteiger partial charge < -0.3 is 9.84 Å². The first kappa shape index (κ1) is 12.0. The van der Waals surface area contributed by atoms with Crippen LogP contribution in [0.5, 0.6) is 0 Å². The normalized spacial score (nSPS) is 11.5. The molecule has 0 saturated heterocycles. The maximum absolute atomic E-state index is 11.5. The molecule has 0 fully saturated rings. The average Bonchev–Trinajstić information content (AvgIpc) is 2.61. The Morgan fingerprint density at radius 2 is 2.33 bits per heavy atom. The summed E-state index contributed by atoms with van der Waals surface area (Å²) in [5.41, 5.74) is 0.189. The van der Waals surface area contributed by atoms with Crippen molar-refractivity contribution in [1.82, 2.24) is 10.5 Å². The molecule has 0 unspecified atom stereocenters. The van der Waals surface area contributed by atoms with E-state index in [0.717, 1.165) is 0 Å². The van der Waals surface area contributed by atoms with Crippen LogP contribution >= 0.6 is 11.6 Å². The van der Waals surface area contributed by atoms with Gasteiger partial charge in [0.15, 0.2) is 5.69 Å². The molecule has 0 spiro atoms. The molecule has 1 amide bonds. The molecule has 0 saturated carbocycles. The average molecular weight is 231 g/mol. The lowest BCUT2D eigenvalue weighted by Crippen LogP contribution is -2.35. The molecular formula is C10H15ClN2O2. The fraction of sp³-hybridized carbons (Fsp3) is 0.600. The van der Waals surface area contributed by atoms with E-state index in [0.29, 0.717) is 23.9 Å². The molecule has 1 aromatic heterocycles. The molecule has 1 aromatic rings. The Balaban J connectivity index is 2.50. The largest absolute Gasteiger partial charge is 0.361 e. The Bertz CT molecular complexity index is 347. The summed E-state index contributed by atoms with van der Waals surface area (Å²) in [5.74, 6) is 0.882. The molecular weight excluding hydrogens is 216 g/mol. The van der Waals surface area contributed by atoms with Crippen molar-refractivity contribution in [2.24, 2.45) is 5.41 Å². The van der Waals surface area contributed by atoms with E-state index in [2.05, 4.69) is 10.5 Å². The van der Waals surface area contributed by atoms with Gasteiger partial charge in [-0.15, -0.1) is 11.6 Å². The van der Waals surface area contributed by atoms with E-state index < -0.39 is 0 Å². The van der Waals surface area contributed by atoms with Gasteiger partial charge in [0.1, 0.15) is 5.76 Å². The molecule has 1 N–H and O–H groups in total. The van der Waals surface area contributed by atoms with Gasteiger partial charge in [0.2, 0.25) is 0 Å². The lowest BCUT2D eigenvalue weighted by Gasteiger charge is -2.21. The van der Waals surface area contributed by atoms with Gasteiger partial charge in [-0.25, -0.2) is 0 Å². The quantitative estimate of drug-likeness (QED) is 0.805. The molecule has 0 aromatic carbocycles. The highest BCUT2D eigenvalue weighted by atomic mass is 35.5. The van der Waals surface area contributed by atoms with Gasteiger partial charge in [-0.1, -0.05) is 19.0 Å².